The average Bonchev–Trinajstić information content (AvgIpc) is 1.36. The number of rotatable bonds is 23. The summed E-state index contributed by atoms with van der Waals surface area (Å²) in [4.78, 5) is 47.9. The summed E-state index contributed by atoms with van der Waals surface area (Å²) >= 11 is 2.87. The maximum atomic E-state index is 14.5. The molecule has 19 atom stereocenters. The Kier molecular flexibility index (Phi) is 26.0. The number of hydroxylamine groups is 1. The lowest BCUT2D eigenvalue weighted by molar-refractivity contribution is -0.283. The summed E-state index contributed by atoms with van der Waals surface area (Å²) in [5, 5.41) is 57.1. The van der Waals surface area contributed by atoms with Gasteiger partial charge in [0.25, 0.3) is 0 Å². The van der Waals surface area contributed by atoms with Crippen LogP contribution in [0.2, 0.25) is 0 Å². The summed E-state index contributed by atoms with van der Waals surface area (Å²) in [5.74, 6) is 10.9. The number of nitrogens with one attached hydrogen (secondary N) is 1. The van der Waals surface area contributed by atoms with E-state index in [-0.39, 0.29) is 64.4 Å². The van der Waals surface area contributed by atoms with Gasteiger partial charge in [-0.05, 0) is 95.9 Å². The van der Waals surface area contributed by atoms with E-state index in [1.165, 1.54) is 61.2 Å². The van der Waals surface area contributed by atoms with Crippen LogP contribution in [-0.4, -0.2) is 199 Å². The van der Waals surface area contributed by atoms with Crippen LogP contribution < -0.4 is 19.7 Å². The molecule has 3 aliphatic carbocycles. The van der Waals surface area contributed by atoms with Crippen LogP contribution in [0.1, 0.15) is 88.6 Å². The molecule has 4 fully saturated rings. The molecule has 3 aliphatic heterocycles. The molecular weight excluding hydrogens is 1290 g/mol. The predicted octanol–water partition coefficient (Wildman–Crippen LogP) is 5.55. The number of halogens is 1. The van der Waals surface area contributed by atoms with Crippen LogP contribution in [0.3, 0.4) is 0 Å². The molecule has 17 unspecified atom stereocenters. The van der Waals surface area contributed by atoms with Crippen LogP contribution in [0.5, 0.6) is 17.2 Å². The number of allylic oxidation sites excluding steroid dienone is 2. The molecule has 1 saturated carbocycles. The van der Waals surface area contributed by atoms with Crippen LogP contribution >= 0.6 is 65.8 Å². The standard InChI is InChI=1S/C58H78INO20S4/c1-12-17-32-27-74-41(25-38(32)69-6)78-50-39(77-37-18-15-13-14-16-20-58(68)26-36(62)33(23-40(63)70-7)44(37)34(58)19-21-82-84-81-11)22-28(2)46(48(50)65)60-80-42-24-35(61)55(31(5)75-42)83-56(67)43-29(3)45(59)52(54(73-10)51(43)71-8)79-57-49(66)53(72-9)47(64)30(4)76-57/h13-14,19,28,30-32,35,37-39,41-42,46-50,53,55,57,60-61,64-66,68H,12,17,21-27H2,1-11H3/b14-13-,34-19+/t28?,30?,31?,32?,35?,37-,38?,39?,41?,42?,46?,47?,48?,49?,50?,53?,55?,57?,58-/m0/s1. The fourth-order valence-electron chi connectivity index (χ4n) is 11.5. The van der Waals surface area contributed by atoms with E-state index in [1.807, 2.05) is 35.8 Å². The maximum Gasteiger partial charge on any atom is 0.310 e. The van der Waals surface area contributed by atoms with Crippen molar-refractivity contribution in [3.63, 3.8) is 0 Å². The van der Waals surface area contributed by atoms with Gasteiger partial charge in [-0.3, -0.25) is 19.2 Å². The molecule has 0 spiro atoms. The number of methoxy groups -OCH3 is 5. The first-order chi connectivity index (χ1) is 40.2. The monoisotopic (exact) mass is 1360 g/mol. The molecule has 6 N–H and O–H groups in total. The first-order valence-corrected chi connectivity index (χ1v) is 33.7. The van der Waals surface area contributed by atoms with Crippen LogP contribution in [0.4, 0.5) is 0 Å². The van der Waals surface area contributed by atoms with Crippen molar-refractivity contribution in [2.75, 3.05) is 54.2 Å². The zero-order valence-corrected chi connectivity index (χ0v) is 54.3. The van der Waals surface area contributed by atoms with Gasteiger partial charge in [-0.2, -0.15) is 5.48 Å². The quantitative estimate of drug-likeness (QED) is 0.0196. The Bertz CT molecular complexity index is 2700. The molecule has 1 aromatic rings. The van der Waals surface area contributed by atoms with Gasteiger partial charge in [0.15, 0.2) is 35.5 Å². The number of benzene rings is 1. The number of carbonyl (C=O) groups excluding carboxylic acids is 3. The average molecular weight is 1360 g/mol. The summed E-state index contributed by atoms with van der Waals surface area (Å²) in [5.41, 5.74) is 2.20. The van der Waals surface area contributed by atoms with Gasteiger partial charge in [-0.1, -0.05) is 83.4 Å². The van der Waals surface area contributed by atoms with E-state index in [9.17, 15) is 39.9 Å². The molecular formula is C58H78INO20S4. The van der Waals surface area contributed by atoms with Gasteiger partial charge in [0.1, 0.15) is 36.6 Å². The van der Waals surface area contributed by atoms with Crippen LogP contribution in [0.15, 0.2) is 34.9 Å². The van der Waals surface area contributed by atoms with Crippen LogP contribution in [0.25, 0.3) is 0 Å². The minimum atomic E-state index is -1.97. The number of hydrogen-bond donors (Lipinski definition) is 6. The van der Waals surface area contributed by atoms with Crippen LogP contribution in [-0.2, 0) is 52.3 Å². The van der Waals surface area contributed by atoms with Crippen molar-refractivity contribution in [3.8, 4) is 40.9 Å². The van der Waals surface area contributed by atoms with E-state index in [4.69, 9.17) is 56.9 Å². The van der Waals surface area contributed by atoms with Crippen molar-refractivity contribution in [1.82, 2.24) is 5.48 Å². The smallest absolute Gasteiger partial charge is 0.310 e. The van der Waals surface area contributed by atoms with Crippen molar-refractivity contribution >= 4 is 82.6 Å². The highest BCUT2D eigenvalue weighted by Crippen LogP contribution is 2.49. The largest absolute Gasteiger partial charge is 0.492 e. The highest BCUT2D eigenvalue weighted by Gasteiger charge is 2.51. The molecule has 0 amide bonds. The highest BCUT2D eigenvalue weighted by molar-refractivity contribution is 14.1. The summed E-state index contributed by atoms with van der Waals surface area (Å²) in [6.45, 7) is 9.36. The van der Waals surface area contributed by atoms with Crippen LogP contribution in [0, 0.1) is 46.0 Å². The Morgan fingerprint density at radius 1 is 0.893 bits per heavy atom. The molecule has 6 aliphatic rings. The normalized spacial score (nSPS) is 36.0. The fourth-order valence-corrected chi connectivity index (χ4v) is 15.6. The van der Waals surface area contributed by atoms with Gasteiger partial charge in [0.2, 0.25) is 17.2 Å². The van der Waals surface area contributed by atoms with Gasteiger partial charge in [-0.25, -0.2) is 0 Å². The van der Waals surface area contributed by atoms with Crippen molar-refractivity contribution in [2.24, 2.45) is 11.8 Å². The third kappa shape index (κ3) is 15.8. The van der Waals surface area contributed by atoms with E-state index in [0.717, 1.165) is 24.6 Å². The van der Waals surface area contributed by atoms with Crippen molar-refractivity contribution in [3.05, 3.63) is 49.6 Å². The maximum absolute atomic E-state index is 14.5. The molecule has 466 valence electrons. The Balaban J connectivity index is 1.12. The number of Topliss-reactive ketones (excluding diaryl/α,β-unsaturated/α-hetero) is 1. The van der Waals surface area contributed by atoms with Gasteiger partial charge < -0.3 is 77.6 Å². The van der Waals surface area contributed by atoms with E-state index in [1.54, 1.807) is 44.8 Å². The van der Waals surface area contributed by atoms with E-state index in [2.05, 4.69) is 36.1 Å². The van der Waals surface area contributed by atoms with Crippen molar-refractivity contribution in [2.45, 2.75) is 182 Å². The summed E-state index contributed by atoms with van der Waals surface area (Å²) < 4.78 is 66.9. The lowest BCUT2D eigenvalue weighted by Crippen LogP contribution is -2.62. The second-order valence-electron chi connectivity index (χ2n) is 21.2. The molecule has 3 heterocycles. The molecule has 0 aromatic heterocycles. The summed E-state index contributed by atoms with van der Waals surface area (Å²) in [6, 6.07) is -0.844. The van der Waals surface area contributed by atoms with Crippen molar-refractivity contribution < 1.29 is 96.9 Å². The zero-order chi connectivity index (χ0) is 61.2. The lowest BCUT2D eigenvalue weighted by atomic mass is 9.72. The fraction of sp³-hybridized carbons (Fsp3) is 0.672. The Labute approximate surface area is 520 Å². The molecule has 1 aromatic carbocycles. The number of aliphatic hydroxyl groups excluding tert-OH is 4. The molecule has 26 heteroatoms. The Hall–Kier alpha value is -2.66. The SMILES string of the molecule is CCCC1COC(OC2C(O[C@H]3C#C/C=C\C#C[C@]4(O)CC(=O)C(CC(=O)OC)=C3/C4=C\CSSSC)CC(C)C(NOC3CC(O)C(SC(=O)c4c(C)c(I)c(OC5OC(C)C(O)C(OC)C5O)c(OC)c4OC)C(C)O3)C2O)CC1OC. The van der Waals surface area contributed by atoms with Gasteiger partial charge >= 0.3 is 5.97 Å². The minimum absolute atomic E-state index is 0.0440. The third-order valence-corrected chi connectivity index (χ3v) is 22.2. The number of aliphatic hydroxyl groups is 5. The Morgan fingerprint density at radius 2 is 1.63 bits per heavy atom. The number of thioether (sulfide) groups is 1. The van der Waals surface area contributed by atoms with E-state index < -0.39 is 132 Å². The second kappa shape index (κ2) is 31.7. The summed E-state index contributed by atoms with van der Waals surface area (Å²) in [7, 11) is 11.6. The van der Waals surface area contributed by atoms with Gasteiger partial charge in [-0.15, -0.1) is 0 Å². The zero-order valence-electron chi connectivity index (χ0n) is 48.9. The molecule has 3 saturated heterocycles. The molecule has 21 nitrogen and oxygen atoms in total. The molecule has 7 rings (SSSR count). The number of fused-ring (bicyclic) bond motifs is 2. The third-order valence-electron chi connectivity index (χ3n) is 15.8. The number of hydrogen-bond acceptors (Lipinski definition) is 25. The molecule has 2 bridgehead atoms. The second-order valence-corrected chi connectivity index (χ2v) is 27.8. The number of ketones is 1. The minimum Gasteiger partial charge on any atom is -0.492 e. The lowest BCUT2D eigenvalue weighted by Gasteiger charge is -2.47. The van der Waals surface area contributed by atoms with E-state index >= 15 is 0 Å². The molecule has 0 radical (unpaired) electrons. The van der Waals surface area contributed by atoms with Gasteiger partial charge in [0.05, 0.1) is 91.7 Å². The van der Waals surface area contributed by atoms with Gasteiger partial charge in [0, 0.05) is 55.5 Å². The Morgan fingerprint density at radius 3 is 2.30 bits per heavy atom. The summed E-state index contributed by atoms with van der Waals surface area (Å²) in [6.07, 6.45) is -6.21. The van der Waals surface area contributed by atoms with E-state index in [0.29, 0.717) is 27.9 Å². The number of carbonyl (C=O) groups is 3. The first-order valence-electron chi connectivity index (χ1n) is 27.7. The highest BCUT2D eigenvalue weighted by atomic mass is 127. The predicted molar refractivity (Wildman–Crippen MR) is 325 cm³/mol. The topological polar surface area (TPSA) is 275 Å². The van der Waals surface area contributed by atoms with Crippen molar-refractivity contribution in [1.29, 1.82) is 0 Å². The first kappa shape index (κ1) is 68.8. The molecule has 84 heavy (non-hydrogen) atoms. The number of ether oxygens (including phenoxy) is 11. The number of esters is 1.